The van der Waals surface area contributed by atoms with Crippen molar-refractivity contribution in [2.45, 2.75) is 26.0 Å². The molecule has 2 rings (SSSR count). The second kappa shape index (κ2) is 10.3. The summed E-state index contributed by atoms with van der Waals surface area (Å²) in [6, 6.07) is 15.2. The molecule has 0 radical (unpaired) electrons. The van der Waals surface area contributed by atoms with Crippen molar-refractivity contribution in [3.63, 3.8) is 0 Å². The summed E-state index contributed by atoms with van der Waals surface area (Å²) >= 11 is 5.87. The first-order chi connectivity index (χ1) is 11.5. The van der Waals surface area contributed by atoms with Crippen molar-refractivity contribution in [3.8, 4) is 5.75 Å². The van der Waals surface area contributed by atoms with Gasteiger partial charge in [0.15, 0.2) is 0 Å². The van der Waals surface area contributed by atoms with Gasteiger partial charge < -0.3 is 15.4 Å². The molecule has 1 unspecified atom stereocenters. The highest BCUT2D eigenvalue weighted by molar-refractivity contribution is 6.30. The van der Waals surface area contributed by atoms with Crippen LogP contribution < -0.4 is 10.5 Å². The van der Waals surface area contributed by atoms with Crippen LogP contribution in [0.2, 0.25) is 5.02 Å². The standard InChI is InChI=1S/C19H23ClN2O2.ClH/c1-14(12-21)22(2)19(23)11-16-4-3-5-18(10-16)24-13-15-6-8-17(20)9-7-15;/h3-10,14H,11-13,21H2,1-2H3;1H. The molecule has 0 fully saturated rings. The summed E-state index contributed by atoms with van der Waals surface area (Å²) in [5.41, 5.74) is 7.57. The molecule has 0 bridgehead atoms. The Morgan fingerprint density at radius 1 is 1.20 bits per heavy atom. The Morgan fingerprint density at radius 3 is 2.52 bits per heavy atom. The van der Waals surface area contributed by atoms with Crippen molar-refractivity contribution < 1.29 is 9.53 Å². The van der Waals surface area contributed by atoms with Gasteiger partial charge in [-0.2, -0.15) is 0 Å². The minimum absolute atomic E-state index is 0. The van der Waals surface area contributed by atoms with Crippen molar-refractivity contribution >= 4 is 29.9 Å². The van der Waals surface area contributed by atoms with Crippen LogP contribution in [0.1, 0.15) is 18.1 Å². The number of carbonyl (C=O) groups excluding carboxylic acids is 1. The number of hydrogen-bond donors (Lipinski definition) is 1. The Bertz CT molecular complexity index is 677. The average Bonchev–Trinajstić information content (AvgIpc) is 2.60. The Labute approximate surface area is 160 Å². The Morgan fingerprint density at radius 2 is 1.88 bits per heavy atom. The van der Waals surface area contributed by atoms with E-state index in [2.05, 4.69) is 0 Å². The van der Waals surface area contributed by atoms with Crippen LogP contribution in [-0.2, 0) is 17.8 Å². The largest absolute Gasteiger partial charge is 0.489 e. The molecule has 1 atom stereocenters. The molecule has 4 nitrogen and oxygen atoms in total. The lowest BCUT2D eigenvalue weighted by atomic mass is 10.1. The number of halogens is 2. The lowest BCUT2D eigenvalue weighted by molar-refractivity contribution is -0.130. The molecular weight excluding hydrogens is 359 g/mol. The molecule has 25 heavy (non-hydrogen) atoms. The second-order valence-electron chi connectivity index (χ2n) is 5.83. The Kier molecular flexibility index (Phi) is 8.76. The molecule has 0 spiro atoms. The van der Waals surface area contributed by atoms with Gasteiger partial charge in [-0.25, -0.2) is 0 Å². The summed E-state index contributed by atoms with van der Waals surface area (Å²) in [6.45, 7) is 2.84. The van der Waals surface area contributed by atoms with Crippen LogP contribution >= 0.6 is 24.0 Å². The quantitative estimate of drug-likeness (QED) is 0.794. The molecule has 1 amide bonds. The molecule has 0 heterocycles. The fourth-order valence-corrected chi connectivity index (χ4v) is 2.32. The fourth-order valence-electron chi connectivity index (χ4n) is 2.20. The van der Waals surface area contributed by atoms with Gasteiger partial charge in [0.05, 0.1) is 6.42 Å². The molecule has 0 aromatic heterocycles. The van der Waals surface area contributed by atoms with E-state index in [9.17, 15) is 4.79 Å². The SMILES string of the molecule is CC(CN)N(C)C(=O)Cc1cccc(OCc2ccc(Cl)cc2)c1.Cl. The lowest BCUT2D eigenvalue weighted by Gasteiger charge is -2.23. The van der Waals surface area contributed by atoms with Crippen molar-refractivity contribution in [2.75, 3.05) is 13.6 Å². The van der Waals surface area contributed by atoms with Gasteiger partial charge in [-0.05, 0) is 42.3 Å². The third-order valence-corrected chi connectivity index (χ3v) is 4.22. The molecule has 0 aliphatic carbocycles. The van der Waals surface area contributed by atoms with Gasteiger partial charge in [0.2, 0.25) is 5.91 Å². The van der Waals surface area contributed by atoms with Crippen molar-refractivity contribution in [2.24, 2.45) is 5.73 Å². The summed E-state index contributed by atoms with van der Waals surface area (Å²) in [6.07, 6.45) is 0.332. The number of likely N-dealkylation sites (N-methyl/N-ethyl adjacent to an activating group) is 1. The number of benzene rings is 2. The maximum absolute atomic E-state index is 12.3. The maximum atomic E-state index is 12.3. The third-order valence-electron chi connectivity index (χ3n) is 3.97. The van der Waals surface area contributed by atoms with Crippen molar-refractivity contribution in [1.29, 1.82) is 0 Å². The zero-order chi connectivity index (χ0) is 17.5. The van der Waals surface area contributed by atoms with Gasteiger partial charge >= 0.3 is 0 Å². The molecule has 0 saturated carbocycles. The van der Waals surface area contributed by atoms with E-state index in [1.165, 1.54) is 0 Å². The third kappa shape index (κ3) is 6.58. The predicted molar refractivity (Wildman–Crippen MR) is 104 cm³/mol. The predicted octanol–water partition coefficient (Wildman–Crippen LogP) is 3.69. The first-order valence-electron chi connectivity index (χ1n) is 7.91. The highest BCUT2D eigenvalue weighted by Crippen LogP contribution is 2.17. The number of amides is 1. The zero-order valence-corrected chi connectivity index (χ0v) is 16.0. The number of nitrogens with zero attached hydrogens (tertiary/aromatic N) is 1. The van der Waals surface area contributed by atoms with Crippen LogP contribution in [0.4, 0.5) is 0 Å². The average molecular weight is 383 g/mol. The highest BCUT2D eigenvalue weighted by atomic mass is 35.5. The summed E-state index contributed by atoms with van der Waals surface area (Å²) in [7, 11) is 1.78. The minimum Gasteiger partial charge on any atom is -0.489 e. The highest BCUT2D eigenvalue weighted by Gasteiger charge is 2.14. The number of nitrogens with two attached hydrogens (primary N) is 1. The minimum atomic E-state index is 0. The summed E-state index contributed by atoms with van der Waals surface area (Å²) in [5, 5.41) is 0.704. The van der Waals surface area contributed by atoms with Crippen LogP contribution in [0.5, 0.6) is 5.75 Å². The van der Waals surface area contributed by atoms with Crippen molar-refractivity contribution in [1.82, 2.24) is 4.90 Å². The molecular formula is C19H24Cl2N2O2. The van der Waals surface area contributed by atoms with Crippen LogP contribution in [-0.4, -0.2) is 30.4 Å². The number of hydrogen-bond acceptors (Lipinski definition) is 3. The summed E-state index contributed by atoms with van der Waals surface area (Å²) in [4.78, 5) is 13.9. The molecule has 2 aromatic carbocycles. The van der Waals surface area contributed by atoms with E-state index in [0.717, 1.165) is 16.9 Å². The molecule has 6 heteroatoms. The van der Waals surface area contributed by atoms with Gasteiger partial charge in [-0.15, -0.1) is 12.4 Å². The number of rotatable bonds is 7. The van der Waals surface area contributed by atoms with E-state index < -0.39 is 0 Å². The Balaban J connectivity index is 0.00000312. The molecule has 136 valence electrons. The summed E-state index contributed by atoms with van der Waals surface area (Å²) < 4.78 is 5.80. The number of ether oxygens (including phenoxy) is 1. The van der Waals surface area contributed by atoms with Gasteiger partial charge in [-0.3, -0.25) is 4.79 Å². The van der Waals surface area contributed by atoms with E-state index in [0.29, 0.717) is 24.6 Å². The van der Waals surface area contributed by atoms with Gasteiger partial charge in [0, 0.05) is 24.7 Å². The van der Waals surface area contributed by atoms with E-state index in [1.54, 1.807) is 11.9 Å². The van der Waals surface area contributed by atoms with Crippen molar-refractivity contribution in [3.05, 3.63) is 64.7 Å². The summed E-state index contributed by atoms with van der Waals surface area (Å²) in [5.74, 6) is 0.785. The molecule has 2 N–H and O–H groups in total. The van der Waals surface area contributed by atoms with E-state index in [1.807, 2.05) is 55.5 Å². The topological polar surface area (TPSA) is 55.6 Å². The van der Waals surface area contributed by atoms with E-state index >= 15 is 0 Å². The number of carbonyl (C=O) groups is 1. The monoisotopic (exact) mass is 382 g/mol. The second-order valence-corrected chi connectivity index (χ2v) is 6.27. The van der Waals surface area contributed by atoms with E-state index in [-0.39, 0.29) is 24.4 Å². The lowest BCUT2D eigenvalue weighted by Crippen LogP contribution is -2.40. The first kappa shape index (κ1) is 21.3. The molecule has 0 aliphatic heterocycles. The van der Waals surface area contributed by atoms with Crippen LogP contribution in [0.25, 0.3) is 0 Å². The molecule has 2 aromatic rings. The van der Waals surface area contributed by atoms with Gasteiger partial charge in [-0.1, -0.05) is 35.9 Å². The Hall–Kier alpha value is -1.75. The zero-order valence-electron chi connectivity index (χ0n) is 14.4. The maximum Gasteiger partial charge on any atom is 0.227 e. The molecule has 0 saturated heterocycles. The van der Waals surface area contributed by atoms with Gasteiger partial charge in [0.1, 0.15) is 12.4 Å². The van der Waals surface area contributed by atoms with Crippen LogP contribution in [0.15, 0.2) is 48.5 Å². The smallest absolute Gasteiger partial charge is 0.227 e. The van der Waals surface area contributed by atoms with Crippen LogP contribution in [0, 0.1) is 0 Å². The van der Waals surface area contributed by atoms with Crippen LogP contribution in [0.3, 0.4) is 0 Å². The first-order valence-corrected chi connectivity index (χ1v) is 8.29. The molecule has 0 aliphatic rings. The van der Waals surface area contributed by atoms with E-state index in [4.69, 9.17) is 22.1 Å². The van der Waals surface area contributed by atoms with Gasteiger partial charge in [0.25, 0.3) is 0 Å². The fraction of sp³-hybridized carbons (Fsp3) is 0.316. The normalized spacial score (nSPS) is 11.4.